The predicted octanol–water partition coefficient (Wildman–Crippen LogP) is 3.63. The van der Waals surface area contributed by atoms with Crippen molar-refractivity contribution in [3.05, 3.63) is 65.6 Å². The van der Waals surface area contributed by atoms with Crippen LogP contribution in [-0.2, 0) is 21.3 Å². The molecule has 1 N–H and O–H groups in total. The van der Waals surface area contributed by atoms with Crippen LogP contribution in [0.2, 0.25) is 5.02 Å². The largest absolute Gasteiger partial charge is 0.439 e. The summed E-state index contributed by atoms with van der Waals surface area (Å²) in [6, 6.07) is 14.1. The molecule has 0 amide bonds. The summed E-state index contributed by atoms with van der Waals surface area (Å²) in [5.41, 5.74) is 1.51. The molecule has 1 aromatic heterocycles. The number of hydrogen-bond acceptors (Lipinski definition) is 6. The Labute approximate surface area is 174 Å². The second kappa shape index (κ2) is 8.54. The molecule has 1 saturated heterocycles. The zero-order chi connectivity index (χ0) is 20.3. The second-order valence-corrected chi connectivity index (χ2v) is 8.90. The Bertz CT molecular complexity index is 1090. The molecule has 7 nitrogen and oxygen atoms in total. The van der Waals surface area contributed by atoms with Crippen molar-refractivity contribution >= 4 is 27.3 Å². The lowest BCUT2D eigenvalue weighted by atomic mass is 10.2. The highest BCUT2D eigenvalue weighted by Gasteiger charge is 2.26. The van der Waals surface area contributed by atoms with E-state index in [0.717, 1.165) is 5.56 Å². The van der Waals surface area contributed by atoms with E-state index in [9.17, 15) is 8.42 Å². The van der Waals surface area contributed by atoms with Crippen LogP contribution >= 0.6 is 11.6 Å². The van der Waals surface area contributed by atoms with E-state index in [1.807, 2.05) is 12.1 Å². The van der Waals surface area contributed by atoms with Gasteiger partial charge in [-0.2, -0.15) is 4.31 Å². The summed E-state index contributed by atoms with van der Waals surface area (Å²) in [6.07, 6.45) is 1.64. The fourth-order valence-corrected chi connectivity index (χ4v) is 4.69. The van der Waals surface area contributed by atoms with Crippen molar-refractivity contribution in [2.45, 2.75) is 11.4 Å². The van der Waals surface area contributed by atoms with Crippen molar-refractivity contribution in [1.82, 2.24) is 9.29 Å². The fourth-order valence-electron chi connectivity index (χ4n) is 3.05. The Hall–Kier alpha value is -2.39. The van der Waals surface area contributed by atoms with Crippen molar-refractivity contribution in [2.24, 2.45) is 0 Å². The second-order valence-electron chi connectivity index (χ2n) is 6.53. The molecule has 3 aromatic rings. The van der Waals surface area contributed by atoms with Gasteiger partial charge in [0.15, 0.2) is 5.76 Å². The number of anilines is 1. The van der Waals surface area contributed by atoms with E-state index < -0.39 is 10.0 Å². The molecule has 0 bridgehead atoms. The third-order valence-electron chi connectivity index (χ3n) is 4.55. The molecular weight excluding hydrogens is 414 g/mol. The van der Waals surface area contributed by atoms with Crippen molar-refractivity contribution in [3.63, 3.8) is 0 Å². The molecule has 0 atom stereocenters. The van der Waals surface area contributed by atoms with Crippen LogP contribution < -0.4 is 5.32 Å². The number of rotatable bonds is 6. The van der Waals surface area contributed by atoms with E-state index in [0.29, 0.717) is 55.2 Å². The molecule has 152 valence electrons. The summed E-state index contributed by atoms with van der Waals surface area (Å²) in [5.74, 6) is 1.11. The normalized spacial score (nSPS) is 15.3. The Morgan fingerprint density at radius 2 is 1.90 bits per heavy atom. The average molecular weight is 434 g/mol. The molecule has 1 fully saturated rings. The molecule has 2 heterocycles. The fraction of sp³-hybridized carbons (Fsp3) is 0.250. The van der Waals surface area contributed by atoms with Crippen molar-refractivity contribution < 1.29 is 17.6 Å². The molecule has 1 aliphatic rings. The lowest BCUT2D eigenvalue weighted by Crippen LogP contribution is -2.40. The molecule has 4 rings (SSSR count). The monoisotopic (exact) mass is 433 g/mol. The first kappa shape index (κ1) is 19.9. The number of ether oxygens (including phenoxy) is 1. The SMILES string of the molecule is O=S(=O)(c1cccc(NCc2ncc(-c3cccc(Cl)c3)o2)c1)N1CCOCC1. The average Bonchev–Trinajstić information content (AvgIpc) is 3.22. The summed E-state index contributed by atoms with van der Waals surface area (Å²) in [5, 5.41) is 3.78. The van der Waals surface area contributed by atoms with Crippen LogP contribution in [-0.4, -0.2) is 44.0 Å². The highest BCUT2D eigenvalue weighted by atomic mass is 35.5. The zero-order valence-corrected chi connectivity index (χ0v) is 17.1. The summed E-state index contributed by atoms with van der Waals surface area (Å²) in [6.45, 7) is 1.87. The van der Waals surface area contributed by atoms with Gasteiger partial charge < -0.3 is 14.5 Å². The number of oxazole rings is 1. The van der Waals surface area contributed by atoms with E-state index in [-0.39, 0.29) is 4.90 Å². The third-order valence-corrected chi connectivity index (χ3v) is 6.68. The molecule has 2 aromatic carbocycles. The number of benzene rings is 2. The molecule has 0 aliphatic carbocycles. The van der Waals surface area contributed by atoms with E-state index >= 15 is 0 Å². The van der Waals surface area contributed by atoms with Crippen LogP contribution in [0.4, 0.5) is 5.69 Å². The van der Waals surface area contributed by atoms with E-state index in [1.54, 1.807) is 42.6 Å². The minimum absolute atomic E-state index is 0.247. The van der Waals surface area contributed by atoms with Gasteiger partial charge in [0, 0.05) is 29.4 Å². The molecule has 29 heavy (non-hydrogen) atoms. The molecular formula is C20H20ClN3O4S. The number of aromatic nitrogens is 1. The number of sulfonamides is 1. The van der Waals surface area contributed by atoms with E-state index in [2.05, 4.69) is 10.3 Å². The minimum Gasteiger partial charge on any atom is -0.439 e. The Kier molecular flexibility index (Phi) is 5.86. The van der Waals surface area contributed by atoms with Gasteiger partial charge in [-0.15, -0.1) is 0 Å². The van der Waals surface area contributed by atoms with Gasteiger partial charge in [0.25, 0.3) is 0 Å². The van der Waals surface area contributed by atoms with Crippen molar-refractivity contribution in [3.8, 4) is 11.3 Å². The van der Waals surface area contributed by atoms with Gasteiger partial charge in [-0.25, -0.2) is 13.4 Å². The maximum atomic E-state index is 12.8. The van der Waals surface area contributed by atoms with Gasteiger partial charge in [0.05, 0.1) is 30.9 Å². The Morgan fingerprint density at radius 3 is 2.69 bits per heavy atom. The van der Waals surface area contributed by atoms with Gasteiger partial charge in [-0.3, -0.25) is 0 Å². The molecule has 1 aliphatic heterocycles. The minimum atomic E-state index is -3.54. The number of morpholine rings is 1. The van der Waals surface area contributed by atoms with Crippen LogP contribution in [0.5, 0.6) is 0 Å². The standard InChI is InChI=1S/C20H20ClN3O4S/c21-16-4-1-3-15(11-16)19-13-23-20(28-19)14-22-17-5-2-6-18(12-17)29(25,26)24-7-9-27-10-8-24/h1-6,11-13,22H,7-10,14H2. The maximum absolute atomic E-state index is 12.8. The third kappa shape index (κ3) is 4.62. The van der Waals surface area contributed by atoms with Crippen LogP contribution in [0.1, 0.15) is 5.89 Å². The first-order valence-corrected chi connectivity index (χ1v) is 11.0. The smallest absolute Gasteiger partial charge is 0.243 e. The summed E-state index contributed by atoms with van der Waals surface area (Å²) in [4.78, 5) is 4.52. The van der Waals surface area contributed by atoms with Crippen LogP contribution in [0.3, 0.4) is 0 Å². The maximum Gasteiger partial charge on any atom is 0.243 e. The molecule has 9 heteroatoms. The van der Waals surface area contributed by atoms with Crippen LogP contribution in [0.15, 0.2) is 64.0 Å². The quantitative estimate of drug-likeness (QED) is 0.639. The van der Waals surface area contributed by atoms with Gasteiger partial charge in [0.2, 0.25) is 15.9 Å². The van der Waals surface area contributed by atoms with Crippen LogP contribution in [0, 0.1) is 0 Å². The first-order valence-electron chi connectivity index (χ1n) is 9.15. The van der Waals surface area contributed by atoms with Gasteiger partial charge >= 0.3 is 0 Å². The summed E-state index contributed by atoms with van der Waals surface area (Å²) >= 11 is 6.02. The lowest BCUT2D eigenvalue weighted by Gasteiger charge is -2.26. The molecule has 0 saturated carbocycles. The van der Waals surface area contributed by atoms with Crippen LogP contribution in [0.25, 0.3) is 11.3 Å². The summed E-state index contributed by atoms with van der Waals surface area (Å²) in [7, 11) is -3.54. The number of nitrogens with one attached hydrogen (secondary N) is 1. The van der Waals surface area contributed by atoms with E-state index in [1.165, 1.54) is 4.31 Å². The number of halogens is 1. The molecule has 0 spiro atoms. The summed E-state index contributed by atoms with van der Waals surface area (Å²) < 4.78 is 38.1. The Balaban J connectivity index is 1.45. The highest BCUT2D eigenvalue weighted by molar-refractivity contribution is 7.89. The molecule has 0 radical (unpaired) electrons. The topological polar surface area (TPSA) is 84.7 Å². The molecule has 0 unspecified atom stereocenters. The number of hydrogen-bond donors (Lipinski definition) is 1. The highest BCUT2D eigenvalue weighted by Crippen LogP contribution is 2.24. The first-order chi connectivity index (χ1) is 14.0. The van der Waals surface area contributed by atoms with Crippen molar-refractivity contribution in [2.75, 3.05) is 31.6 Å². The zero-order valence-electron chi connectivity index (χ0n) is 15.5. The van der Waals surface area contributed by atoms with Gasteiger partial charge in [0.1, 0.15) is 0 Å². The lowest BCUT2D eigenvalue weighted by molar-refractivity contribution is 0.0730. The van der Waals surface area contributed by atoms with Gasteiger partial charge in [-0.1, -0.05) is 29.8 Å². The predicted molar refractivity (Wildman–Crippen MR) is 110 cm³/mol. The Morgan fingerprint density at radius 1 is 1.10 bits per heavy atom. The van der Waals surface area contributed by atoms with Gasteiger partial charge in [-0.05, 0) is 30.3 Å². The van der Waals surface area contributed by atoms with Crippen molar-refractivity contribution in [1.29, 1.82) is 0 Å². The van der Waals surface area contributed by atoms with E-state index in [4.69, 9.17) is 20.8 Å². The number of nitrogens with zero attached hydrogens (tertiary/aromatic N) is 2.